The van der Waals surface area contributed by atoms with Gasteiger partial charge in [0.1, 0.15) is 0 Å². The standard InChI is InChI=1S/C17H20ClN3O/c1-17(2,3)21-15-8-9-20(11-12(15)10-19-21)16(22)13-6-4-5-7-14(13)18/h4-7,10H,8-9,11H2,1-3H3. The Morgan fingerprint density at radius 1 is 1.27 bits per heavy atom. The van der Waals surface area contributed by atoms with Gasteiger partial charge >= 0.3 is 0 Å². The summed E-state index contributed by atoms with van der Waals surface area (Å²) < 4.78 is 2.07. The molecule has 5 heteroatoms. The predicted octanol–water partition coefficient (Wildman–Crippen LogP) is 3.49. The van der Waals surface area contributed by atoms with E-state index in [0.29, 0.717) is 23.7 Å². The summed E-state index contributed by atoms with van der Waals surface area (Å²) >= 11 is 6.14. The first kappa shape index (κ1) is 15.1. The highest BCUT2D eigenvalue weighted by atomic mass is 35.5. The van der Waals surface area contributed by atoms with Gasteiger partial charge in [0, 0.05) is 30.8 Å². The Labute approximate surface area is 135 Å². The van der Waals surface area contributed by atoms with Crippen molar-refractivity contribution in [2.24, 2.45) is 0 Å². The van der Waals surface area contributed by atoms with Crippen LogP contribution in [0.2, 0.25) is 5.02 Å². The summed E-state index contributed by atoms with van der Waals surface area (Å²) in [4.78, 5) is 14.5. The van der Waals surface area contributed by atoms with Crippen LogP contribution in [0.25, 0.3) is 0 Å². The van der Waals surface area contributed by atoms with Crippen molar-refractivity contribution >= 4 is 17.5 Å². The van der Waals surface area contributed by atoms with Crippen molar-refractivity contribution in [3.63, 3.8) is 0 Å². The first-order valence-electron chi connectivity index (χ1n) is 7.48. The van der Waals surface area contributed by atoms with Crippen LogP contribution in [-0.2, 0) is 18.5 Å². The van der Waals surface area contributed by atoms with E-state index < -0.39 is 0 Å². The summed E-state index contributed by atoms with van der Waals surface area (Å²) in [7, 11) is 0. The molecule has 1 aliphatic rings. The van der Waals surface area contributed by atoms with Gasteiger partial charge in [0.05, 0.1) is 22.3 Å². The minimum atomic E-state index is -0.0392. The molecule has 1 aromatic heterocycles. The van der Waals surface area contributed by atoms with Gasteiger partial charge in [-0.1, -0.05) is 23.7 Å². The van der Waals surface area contributed by atoms with Crippen LogP contribution in [0.15, 0.2) is 30.5 Å². The number of benzene rings is 1. The van der Waals surface area contributed by atoms with Crippen LogP contribution in [0.4, 0.5) is 0 Å². The van der Waals surface area contributed by atoms with Crippen molar-refractivity contribution < 1.29 is 4.79 Å². The van der Waals surface area contributed by atoms with E-state index in [1.807, 2.05) is 23.2 Å². The van der Waals surface area contributed by atoms with Crippen molar-refractivity contribution in [1.29, 1.82) is 0 Å². The van der Waals surface area contributed by atoms with Crippen molar-refractivity contribution in [2.45, 2.75) is 39.3 Å². The number of amides is 1. The topological polar surface area (TPSA) is 38.1 Å². The Kier molecular flexibility index (Phi) is 3.73. The molecule has 0 aliphatic carbocycles. The lowest BCUT2D eigenvalue weighted by Gasteiger charge is -2.30. The molecule has 1 amide bonds. The molecule has 0 N–H and O–H groups in total. The van der Waals surface area contributed by atoms with E-state index in [9.17, 15) is 4.79 Å². The van der Waals surface area contributed by atoms with E-state index in [1.165, 1.54) is 5.69 Å². The van der Waals surface area contributed by atoms with Gasteiger partial charge < -0.3 is 4.90 Å². The molecule has 0 spiro atoms. The third-order valence-electron chi connectivity index (χ3n) is 3.96. The Hall–Kier alpha value is -1.81. The second kappa shape index (κ2) is 5.43. The van der Waals surface area contributed by atoms with Gasteiger partial charge in [-0.25, -0.2) is 0 Å². The first-order valence-corrected chi connectivity index (χ1v) is 7.86. The monoisotopic (exact) mass is 317 g/mol. The molecule has 1 aliphatic heterocycles. The van der Waals surface area contributed by atoms with Crippen molar-refractivity contribution in [1.82, 2.24) is 14.7 Å². The number of aromatic nitrogens is 2. The first-order chi connectivity index (χ1) is 10.4. The maximum absolute atomic E-state index is 12.6. The van der Waals surface area contributed by atoms with Crippen LogP contribution in [0.3, 0.4) is 0 Å². The summed E-state index contributed by atoms with van der Waals surface area (Å²) in [5.74, 6) is -0.0141. The zero-order valence-electron chi connectivity index (χ0n) is 13.1. The molecular formula is C17H20ClN3O. The number of halogens is 1. The molecule has 3 rings (SSSR count). The molecule has 0 bridgehead atoms. The van der Waals surface area contributed by atoms with Gasteiger partial charge in [-0.15, -0.1) is 0 Å². The number of hydrogen-bond acceptors (Lipinski definition) is 2. The molecule has 4 nitrogen and oxygen atoms in total. The van der Waals surface area contributed by atoms with Gasteiger partial charge in [0.25, 0.3) is 5.91 Å². The quantitative estimate of drug-likeness (QED) is 0.807. The van der Waals surface area contributed by atoms with Crippen LogP contribution < -0.4 is 0 Å². The zero-order valence-corrected chi connectivity index (χ0v) is 13.9. The van der Waals surface area contributed by atoms with Crippen LogP contribution >= 0.6 is 11.6 Å². The van der Waals surface area contributed by atoms with Gasteiger partial charge in [-0.2, -0.15) is 5.10 Å². The highest BCUT2D eigenvalue weighted by Gasteiger charge is 2.28. The molecule has 116 valence electrons. The highest BCUT2D eigenvalue weighted by molar-refractivity contribution is 6.33. The molecular weight excluding hydrogens is 298 g/mol. The number of fused-ring (bicyclic) bond motifs is 1. The number of carbonyl (C=O) groups excluding carboxylic acids is 1. The van der Waals surface area contributed by atoms with Crippen molar-refractivity contribution in [2.75, 3.05) is 6.54 Å². The van der Waals surface area contributed by atoms with Gasteiger partial charge in [0.15, 0.2) is 0 Å². The predicted molar refractivity (Wildman–Crippen MR) is 87.1 cm³/mol. The highest BCUT2D eigenvalue weighted by Crippen LogP contribution is 2.26. The summed E-state index contributed by atoms with van der Waals surface area (Å²) in [6.07, 6.45) is 2.70. The van der Waals surface area contributed by atoms with Gasteiger partial charge in [-0.05, 0) is 32.9 Å². The maximum Gasteiger partial charge on any atom is 0.255 e. The Balaban J connectivity index is 1.85. The SMILES string of the molecule is CC(C)(C)n1ncc2c1CCN(C(=O)c1ccccc1Cl)C2. The normalized spacial score (nSPS) is 14.8. The molecule has 22 heavy (non-hydrogen) atoms. The Morgan fingerprint density at radius 2 is 2.00 bits per heavy atom. The molecule has 0 saturated heterocycles. The molecule has 2 heterocycles. The third-order valence-corrected chi connectivity index (χ3v) is 4.29. The number of rotatable bonds is 1. The molecule has 0 fully saturated rings. The van der Waals surface area contributed by atoms with Crippen LogP contribution in [0.1, 0.15) is 42.4 Å². The molecule has 1 aromatic carbocycles. The fourth-order valence-electron chi connectivity index (χ4n) is 2.89. The maximum atomic E-state index is 12.6. The minimum Gasteiger partial charge on any atom is -0.334 e. The largest absolute Gasteiger partial charge is 0.334 e. The van der Waals surface area contributed by atoms with E-state index in [1.54, 1.807) is 12.1 Å². The summed E-state index contributed by atoms with van der Waals surface area (Å²) in [5, 5.41) is 5.01. The van der Waals surface area contributed by atoms with Gasteiger partial charge in [-0.3, -0.25) is 9.48 Å². The average Bonchev–Trinajstić information content (AvgIpc) is 2.90. The van der Waals surface area contributed by atoms with E-state index in [2.05, 4.69) is 30.6 Å². The fourth-order valence-corrected chi connectivity index (χ4v) is 3.10. The van der Waals surface area contributed by atoms with Crippen LogP contribution in [0.5, 0.6) is 0 Å². The van der Waals surface area contributed by atoms with E-state index in [0.717, 1.165) is 12.0 Å². The summed E-state index contributed by atoms with van der Waals surface area (Å²) in [6, 6.07) is 7.20. The van der Waals surface area contributed by atoms with E-state index >= 15 is 0 Å². The number of carbonyl (C=O) groups is 1. The molecule has 0 radical (unpaired) electrons. The summed E-state index contributed by atoms with van der Waals surface area (Å²) in [5.41, 5.74) is 2.88. The molecule has 2 aromatic rings. The molecule has 0 saturated carbocycles. The second-order valence-corrected chi connectivity index (χ2v) is 7.06. The van der Waals surface area contributed by atoms with Crippen molar-refractivity contribution in [3.05, 3.63) is 52.3 Å². The number of hydrogen-bond donors (Lipinski definition) is 0. The Morgan fingerprint density at radius 3 is 2.68 bits per heavy atom. The lowest BCUT2D eigenvalue weighted by molar-refractivity contribution is 0.0732. The third kappa shape index (κ3) is 2.63. The van der Waals surface area contributed by atoms with E-state index in [-0.39, 0.29) is 11.4 Å². The van der Waals surface area contributed by atoms with Crippen LogP contribution in [0, 0.1) is 0 Å². The fraction of sp³-hybridized carbons (Fsp3) is 0.412. The second-order valence-electron chi connectivity index (χ2n) is 6.66. The Bertz CT molecular complexity index is 715. The minimum absolute atomic E-state index is 0.0141. The molecule has 0 unspecified atom stereocenters. The molecule has 0 atom stereocenters. The number of nitrogens with zero attached hydrogens (tertiary/aromatic N) is 3. The summed E-state index contributed by atoms with van der Waals surface area (Å²) in [6.45, 7) is 7.71. The lowest BCUT2D eigenvalue weighted by Crippen LogP contribution is -2.37. The average molecular weight is 318 g/mol. The zero-order chi connectivity index (χ0) is 15.9. The van der Waals surface area contributed by atoms with Crippen LogP contribution in [-0.4, -0.2) is 27.1 Å². The van der Waals surface area contributed by atoms with Gasteiger partial charge in [0.2, 0.25) is 0 Å². The smallest absolute Gasteiger partial charge is 0.255 e. The lowest BCUT2D eigenvalue weighted by atomic mass is 10.0. The van der Waals surface area contributed by atoms with Crippen molar-refractivity contribution in [3.8, 4) is 0 Å². The van der Waals surface area contributed by atoms with E-state index in [4.69, 9.17) is 11.6 Å².